The third-order valence-electron chi connectivity index (χ3n) is 4.66. The molecule has 0 bridgehead atoms. The van der Waals surface area contributed by atoms with Crippen molar-refractivity contribution in [1.82, 2.24) is 4.48 Å². The lowest BCUT2D eigenvalue weighted by molar-refractivity contribution is -0.314. The van der Waals surface area contributed by atoms with Crippen molar-refractivity contribution in [3.63, 3.8) is 0 Å². The third-order valence-corrected chi connectivity index (χ3v) is 4.96. The Kier molecular flexibility index (Phi) is 4.43. The van der Waals surface area contributed by atoms with Gasteiger partial charge in [-0.25, -0.2) is 4.39 Å². The van der Waals surface area contributed by atoms with Gasteiger partial charge in [0.1, 0.15) is 11.5 Å². The molecule has 0 spiro atoms. The Morgan fingerprint density at radius 3 is 2.92 bits per heavy atom. The van der Waals surface area contributed by atoms with Gasteiger partial charge in [0.25, 0.3) is 0 Å². The molecule has 26 heavy (non-hydrogen) atoms. The molecule has 2 aromatic rings. The smallest absolute Gasteiger partial charge is 0.221 e. The number of hydrogen-bond donors (Lipinski definition) is 1. The molecule has 0 amide bonds. The fraction of sp³-hybridized carbons (Fsp3) is 0.150. The van der Waals surface area contributed by atoms with Crippen LogP contribution in [0.5, 0.6) is 0 Å². The molecule has 2 aliphatic rings. The summed E-state index contributed by atoms with van der Waals surface area (Å²) in [5.41, 5.74) is 12.4. The van der Waals surface area contributed by atoms with E-state index in [2.05, 4.69) is 35.6 Å². The van der Waals surface area contributed by atoms with E-state index in [0.29, 0.717) is 6.54 Å². The zero-order valence-electron chi connectivity index (χ0n) is 14.4. The predicted octanol–water partition coefficient (Wildman–Crippen LogP) is 3.86. The van der Waals surface area contributed by atoms with E-state index in [4.69, 9.17) is 17.3 Å². The highest BCUT2D eigenvalue weighted by atomic mass is 35.5. The van der Waals surface area contributed by atoms with Gasteiger partial charge in [0.15, 0.2) is 5.70 Å². The molecular formula is C20H18BClFN3. The maximum Gasteiger partial charge on any atom is 0.221 e. The number of nitrogens with two attached hydrogens (primary N) is 1. The lowest BCUT2D eigenvalue weighted by Crippen LogP contribution is -2.31. The number of rotatable bonds is 4. The van der Waals surface area contributed by atoms with E-state index in [-0.39, 0.29) is 5.02 Å². The number of benzene rings is 1. The minimum Gasteiger partial charge on any atom is -0.507 e. The lowest BCUT2D eigenvalue weighted by Gasteiger charge is -2.29. The Morgan fingerprint density at radius 1 is 1.31 bits per heavy atom. The predicted molar refractivity (Wildman–Crippen MR) is 106 cm³/mol. The molecule has 6 heteroatoms. The Balaban J connectivity index is 1.77. The molecule has 1 aromatic carbocycles. The second kappa shape index (κ2) is 6.74. The van der Waals surface area contributed by atoms with Gasteiger partial charge in [-0.05, 0) is 62.0 Å². The summed E-state index contributed by atoms with van der Waals surface area (Å²) in [4.78, 5) is 0. The van der Waals surface area contributed by atoms with Gasteiger partial charge in [0, 0.05) is 29.0 Å². The van der Waals surface area contributed by atoms with Gasteiger partial charge in [0.05, 0.1) is 5.02 Å². The third kappa shape index (κ3) is 2.87. The van der Waals surface area contributed by atoms with Crippen LogP contribution >= 0.6 is 11.6 Å². The fourth-order valence-corrected chi connectivity index (χ4v) is 3.62. The van der Waals surface area contributed by atoms with E-state index in [0.717, 1.165) is 17.7 Å². The first-order valence-electron chi connectivity index (χ1n) is 8.52. The summed E-state index contributed by atoms with van der Waals surface area (Å²) in [5.74, 6) is -0.413. The molecule has 2 N–H and O–H groups in total. The summed E-state index contributed by atoms with van der Waals surface area (Å²) in [7, 11) is 2.07. The molecule has 3 nitrogen and oxygen atoms in total. The topological polar surface area (TPSA) is 34.0 Å². The normalized spacial score (nSPS) is 16.4. The highest BCUT2D eigenvalue weighted by Gasteiger charge is 2.28. The maximum atomic E-state index is 13.7. The zero-order chi connectivity index (χ0) is 18.3. The largest absolute Gasteiger partial charge is 0.507 e. The highest BCUT2D eigenvalue weighted by Crippen LogP contribution is 2.33. The van der Waals surface area contributed by atoms with Crippen LogP contribution in [-0.4, -0.2) is 28.8 Å². The van der Waals surface area contributed by atoms with E-state index in [9.17, 15) is 4.39 Å². The average Bonchev–Trinajstić information content (AvgIpc) is 3.21. The van der Waals surface area contributed by atoms with Crippen molar-refractivity contribution in [3.8, 4) is 0 Å². The number of fused-ring (bicyclic) bond motifs is 2. The summed E-state index contributed by atoms with van der Waals surface area (Å²) in [6.45, 7) is 2.70. The van der Waals surface area contributed by atoms with Crippen molar-refractivity contribution >= 4 is 36.5 Å². The molecule has 0 atom stereocenters. The fourth-order valence-electron chi connectivity index (χ4n) is 3.50. The van der Waals surface area contributed by atoms with Crippen LogP contribution in [0.25, 0.3) is 11.6 Å². The van der Waals surface area contributed by atoms with Crippen LogP contribution in [-0.2, 0) is 0 Å². The second-order valence-corrected chi connectivity index (χ2v) is 6.82. The molecule has 0 unspecified atom stereocenters. The first-order chi connectivity index (χ1) is 12.6. The van der Waals surface area contributed by atoms with Crippen LogP contribution < -0.4 is 5.73 Å². The quantitative estimate of drug-likeness (QED) is 0.820. The molecule has 3 heterocycles. The standard InChI is InChI=1S/C20H18BClFN3/c1-13-11-15(6-4-14-5-7-17(22)18(23)12-14)26-20(13)16(8-9-24)19-3-2-10-25(19)21-26/h2-7,10-12H,8-9,24H2,1H3/b6-4+. The number of aromatic nitrogens is 1. The lowest BCUT2D eigenvalue weighted by atomic mass is 9.93. The molecule has 0 fully saturated rings. The SMILES string of the molecule is CC1=CC(/C=C/c2ccc(Cl)c(F)c2)=[N+]2[B-]n3cccc3C(CCN)=C12. The first-order valence-corrected chi connectivity index (χ1v) is 8.89. The van der Waals surface area contributed by atoms with E-state index in [1.807, 2.05) is 24.4 Å². The molecule has 2 aliphatic heterocycles. The van der Waals surface area contributed by atoms with Gasteiger partial charge in [0.2, 0.25) is 7.55 Å². The van der Waals surface area contributed by atoms with Crippen LogP contribution in [0.2, 0.25) is 5.02 Å². The molecule has 0 aliphatic carbocycles. The van der Waals surface area contributed by atoms with Crippen LogP contribution in [0, 0.1) is 5.82 Å². The van der Waals surface area contributed by atoms with E-state index in [1.54, 1.807) is 12.1 Å². The van der Waals surface area contributed by atoms with Crippen LogP contribution in [0.3, 0.4) is 0 Å². The Bertz CT molecular complexity index is 1010. The Labute approximate surface area is 157 Å². The minimum absolute atomic E-state index is 0.132. The summed E-state index contributed by atoms with van der Waals surface area (Å²) in [6.07, 6.45) is 8.87. The van der Waals surface area contributed by atoms with Crippen molar-refractivity contribution in [3.05, 3.63) is 82.0 Å². The van der Waals surface area contributed by atoms with Crippen molar-refractivity contribution < 1.29 is 8.88 Å². The number of halogens is 2. The first kappa shape index (κ1) is 17.1. The van der Waals surface area contributed by atoms with Crippen LogP contribution in [0.15, 0.2) is 60.0 Å². The van der Waals surface area contributed by atoms with Crippen molar-refractivity contribution in [2.24, 2.45) is 5.73 Å². The van der Waals surface area contributed by atoms with Gasteiger partial charge in [-0.2, -0.15) is 0 Å². The van der Waals surface area contributed by atoms with Crippen molar-refractivity contribution in [1.29, 1.82) is 0 Å². The van der Waals surface area contributed by atoms with E-state index < -0.39 is 5.82 Å². The van der Waals surface area contributed by atoms with E-state index in [1.165, 1.54) is 28.6 Å². The summed E-state index contributed by atoms with van der Waals surface area (Å²) in [6, 6.07) is 8.96. The van der Waals surface area contributed by atoms with Gasteiger partial charge < -0.3 is 14.7 Å². The van der Waals surface area contributed by atoms with Crippen LogP contribution in [0.4, 0.5) is 4.39 Å². The molecule has 4 rings (SSSR count). The molecule has 0 saturated heterocycles. The van der Waals surface area contributed by atoms with Crippen LogP contribution in [0.1, 0.15) is 24.6 Å². The number of allylic oxidation sites excluding steroid dienone is 3. The van der Waals surface area contributed by atoms with Gasteiger partial charge in [-0.15, -0.1) is 0 Å². The van der Waals surface area contributed by atoms with Gasteiger partial charge in [-0.3, -0.25) is 0 Å². The number of hydrogen-bond acceptors (Lipinski definition) is 1. The zero-order valence-corrected chi connectivity index (χ0v) is 15.2. The molecular weight excluding hydrogens is 348 g/mol. The second-order valence-electron chi connectivity index (χ2n) is 6.41. The maximum absolute atomic E-state index is 13.7. The van der Waals surface area contributed by atoms with Crippen molar-refractivity contribution in [2.75, 3.05) is 6.54 Å². The van der Waals surface area contributed by atoms with Gasteiger partial charge in [-0.1, -0.05) is 17.7 Å². The Hall–Kier alpha value is -2.37. The summed E-state index contributed by atoms with van der Waals surface area (Å²) in [5, 5.41) is 0.132. The highest BCUT2D eigenvalue weighted by molar-refractivity contribution is 6.31. The molecule has 1 aromatic heterocycles. The molecule has 0 saturated carbocycles. The Morgan fingerprint density at radius 2 is 2.15 bits per heavy atom. The summed E-state index contributed by atoms with van der Waals surface area (Å²) >= 11 is 5.75. The van der Waals surface area contributed by atoms with Crippen molar-refractivity contribution in [2.45, 2.75) is 13.3 Å². The number of nitrogens with zero attached hydrogens (tertiary/aromatic N) is 2. The van der Waals surface area contributed by atoms with E-state index >= 15 is 0 Å². The monoisotopic (exact) mass is 365 g/mol. The molecule has 130 valence electrons. The summed E-state index contributed by atoms with van der Waals surface area (Å²) < 4.78 is 17.9. The average molecular weight is 366 g/mol. The molecule has 2 radical (unpaired) electrons. The van der Waals surface area contributed by atoms with Gasteiger partial charge >= 0.3 is 0 Å². The minimum atomic E-state index is -0.413.